The molecule has 0 bridgehead atoms. The molecule has 1 saturated heterocycles. The first kappa shape index (κ1) is 10.9. The normalized spacial score (nSPS) is 34.9. The van der Waals surface area contributed by atoms with Gasteiger partial charge in [-0.05, 0) is 38.8 Å². The van der Waals surface area contributed by atoms with Crippen LogP contribution < -0.4 is 5.73 Å². The van der Waals surface area contributed by atoms with E-state index < -0.39 is 0 Å². The van der Waals surface area contributed by atoms with E-state index >= 15 is 0 Å². The molecular weight excluding hydrogens is 190 g/mol. The second-order valence-electron chi connectivity index (χ2n) is 5.20. The fourth-order valence-corrected chi connectivity index (χ4v) is 2.88. The van der Waals surface area contributed by atoms with Gasteiger partial charge in [-0.25, -0.2) is 0 Å². The van der Waals surface area contributed by atoms with Gasteiger partial charge in [0.1, 0.15) is 0 Å². The number of nitrogens with two attached hydrogens (primary N) is 1. The van der Waals surface area contributed by atoms with Crippen LogP contribution in [0.15, 0.2) is 0 Å². The van der Waals surface area contributed by atoms with Crippen LogP contribution >= 0.6 is 0 Å². The minimum Gasteiger partial charge on any atom is -0.341 e. The van der Waals surface area contributed by atoms with Gasteiger partial charge in [0.2, 0.25) is 5.91 Å². The van der Waals surface area contributed by atoms with Crippen LogP contribution in [-0.4, -0.2) is 55.5 Å². The van der Waals surface area contributed by atoms with Crippen LogP contribution in [0.3, 0.4) is 0 Å². The predicted molar refractivity (Wildman–Crippen MR) is 59.3 cm³/mol. The van der Waals surface area contributed by atoms with Crippen molar-refractivity contribution in [2.75, 3.05) is 33.7 Å². The Bertz CT molecular complexity index is 254. The zero-order valence-electron chi connectivity index (χ0n) is 9.65. The zero-order valence-corrected chi connectivity index (χ0v) is 9.65. The number of fused-ring (bicyclic) bond motifs is 1. The van der Waals surface area contributed by atoms with Gasteiger partial charge in [0, 0.05) is 19.1 Å². The highest BCUT2D eigenvalue weighted by Gasteiger charge is 2.42. The van der Waals surface area contributed by atoms with Crippen LogP contribution in [0.25, 0.3) is 0 Å². The molecule has 15 heavy (non-hydrogen) atoms. The Morgan fingerprint density at radius 3 is 2.73 bits per heavy atom. The number of amides is 1. The van der Waals surface area contributed by atoms with Crippen molar-refractivity contribution >= 4 is 5.91 Å². The summed E-state index contributed by atoms with van der Waals surface area (Å²) in [5.41, 5.74) is 6.04. The maximum atomic E-state index is 11.8. The van der Waals surface area contributed by atoms with E-state index in [1.165, 1.54) is 6.42 Å². The summed E-state index contributed by atoms with van der Waals surface area (Å²) in [6.07, 6.45) is 2.35. The first-order valence-corrected chi connectivity index (χ1v) is 5.76. The molecule has 0 aromatic rings. The Balaban J connectivity index is 1.90. The summed E-state index contributed by atoms with van der Waals surface area (Å²) in [7, 11) is 3.86. The second kappa shape index (κ2) is 4.10. The summed E-state index contributed by atoms with van der Waals surface area (Å²) < 4.78 is 0. The molecule has 0 spiro atoms. The molecule has 1 amide bonds. The molecule has 2 aliphatic rings. The highest BCUT2D eigenvalue weighted by Crippen LogP contribution is 2.36. The third-order valence-electron chi connectivity index (χ3n) is 3.72. The number of nitrogens with zero attached hydrogens (tertiary/aromatic N) is 2. The maximum absolute atomic E-state index is 11.8. The third-order valence-corrected chi connectivity index (χ3v) is 3.72. The van der Waals surface area contributed by atoms with E-state index in [2.05, 4.69) is 0 Å². The van der Waals surface area contributed by atoms with Crippen molar-refractivity contribution in [3.8, 4) is 0 Å². The lowest BCUT2D eigenvalue weighted by Gasteiger charge is -2.20. The summed E-state index contributed by atoms with van der Waals surface area (Å²) in [5, 5.41) is 0. The van der Waals surface area contributed by atoms with Gasteiger partial charge in [-0.3, -0.25) is 4.79 Å². The number of hydrogen-bond donors (Lipinski definition) is 1. The monoisotopic (exact) mass is 211 g/mol. The van der Waals surface area contributed by atoms with Gasteiger partial charge in [-0.1, -0.05) is 0 Å². The van der Waals surface area contributed by atoms with E-state index in [0.29, 0.717) is 24.4 Å². The molecule has 0 aromatic carbocycles. The minimum absolute atomic E-state index is 0.251. The molecule has 1 heterocycles. The minimum atomic E-state index is 0.251. The molecule has 1 aliphatic carbocycles. The SMILES string of the molecule is CN(C)CC(=O)N1CC2CCC(N)C2C1. The van der Waals surface area contributed by atoms with Crippen LogP contribution in [0.2, 0.25) is 0 Å². The molecule has 2 N–H and O–H groups in total. The average molecular weight is 211 g/mol. The van der Waals surface area contributed by atoms with E-state index in [4.69, 9.17) is 5.73 Å². The van der Waals surface area contributed by atoms with E-state index in [9.17, 15) is 4.79 Å². The van der Waals surface area contributed by atoms with Crippen LogP contribution in [-0.2, 0) is 4.79 Å². The Labute approximate surface area is 91.4 Å². The smallest absolute Gasteiger partial charge is 0.236 e. The zero-order chi connectivity index (χ0) is 11.0. The fourth-order valence-electron chi connectivity index (χ4n) is 2.88. The highest BCUT2D eigenvalue weighted by atomic mass is 16.2. The Morgan fingerprint density at radius 1 is 1.40 bits per heavy atom. The summed E-state index contributed by atoms with van der Waals surface area (Å²) in [4.78, 5) is 15.8. The van der Waals surface area contributed by atoms with Crippen LogP contribution in [0.4, 0.5) is 0 Å². The lowest BCUT2D eigenvalue weighted by molar-refractivity contribution is -0.131. The molecule has 3 atom stereocenters. The largest absolute Gasteiger partial charge is 0.341 e. The van der Waals surface area contributed by atoms with Crippen LogP contribution in [0.5, 0.6) is 0 Å². The highest BCUT2D eigenvalue weighted by molar-refractivity contribution is 5.78. The number of rotatable bonds is 2. The summed E-state index contributed by atoms with van der Waals surface area (Å²) >= 11 is 0. The average Bonchev–Trinajstić information content (AvgIpc) is 2.67. The molecule has 0 radical (unpaired) electrons. The summed E-state index contributed by atoms with van der Waals surface area (Å²) in [6.45, 7) is 2.35. The Kier molecular flexibility index (Phi) is 2.98. The van der Waals surface area contributed by atoms with Gasteiger partial charge in [0.15, 0.2) is 0 Å². The van der Waals surface area contributed by atoms with Crippen molar-refractivity contribution in [3.63, 3.8) is 0 Å². The van der Waals surface area contributed by atoms with Crippen molar-refractivity contribution < 1.29 is 4.79 Å². The van der Waals surface area contributed by atoms with E-state index in [0.717, 1.165) is 19.5 Å². The number of likely N-dealkylation sites (tertiary alicyclic amines) is 1. The van der Waals surface area contributed by atoms with Crippen molar-refractivity contribution in [1.82, 2.24) is 9.80 Å². The van der Waals surface area contributed by atoms with E-state index in [-0.39, 0.29) is 5.91 Å². The summed E-state index contributed by atoms with van der Waals surface area (Å²) in [6, 6.07) is 0.326. The van der Waals surface area contributed by atoms with Crippen LogP contribution in [0.1, 0.15) is 12.8 Å². The lowest BCUT2D eigenvalue weighted by Crippen LogP contribution is -2.38. The van der Waals surface area contributed by atoms with Crippen molar-refractivity contribution in [2.24, 2.45) is 17.6 Å². The molecule has 3 unspecified atom stereocenters. The first-order chi connectivity index (χ1) is 7.08. The van der Waals surface area contributed by atoms with Crippen molar-refractivity contribution in [2.45, 2.75) is 18.9 Å². The predicted octanol–water partition coefficient (Wildman–Crippen LogP) is -0.256. The number of hydrogen-bond acceptors (Lipinski definition) is 3. The van der Waals surface area contributed by atoms with E-state index in [1.54, 1.807) is 0 Å². The number of carbonyl (C=O) groups is 1. The van der Waals surface area contributed by atoms with Crippen molar-refractivity contribution in [1.29, 1.82) is 0 Å². The van der Waals surface area contributed by atoms with Crippen molar-refractivity contribution in [3.05, 3.63) is 0 Å². The van der Waals surface area contributed by atoms with Gasteiger partial charge in [-0.15, -0.1) is 0 Å². The molecular formula is C11H21N3O. The Morgan fingerprint density at radius 2 is 2.13 bits per heavy atom. The molecule has 2 fully saturated rings. The molecule has 2 rings (SSSR count). The van der Waals surface area contributed by atoms with Crippen LogP contribution in [0, 0.1) is 11.8 Å². The molecule has 4 heteroatoms. The second-order valence-corrected chi connectivity index (χ2v) is 5.20. The molecule has 0 aromatic heterocycles. The molecule has 1 aliphatic heterocycles. The Hall–Kier alpha value is -0.610. The van der Waals surface area contributed by atoms with Gasteiger partial charge in [0.25, 0.3) is 0 Å². The quantitative estimate of drug-likeness (QED) is 0.685. The van der Waals surface area contributed by atoms with Gasteiger partial charge >= 0.3 is 0 Å². The van der Waals surface area contributed by atoms with Gasteiger partial charge in [0.05, 0.1) is 6.54 Å². The molecule has 1 saturated carbocycles. The van der Waals surface area contributed by atoms with E-state index in [1.807, 2.05) is 23.9 Å². The molecule has 86 valence electrons. The topological polar surface area (TPSA) is 49.6 Å². The maximum Gasteiger partial charge on any atom is 0.236 e. The van der Waals surface area contributed by atoms with Gasteiger partial charge in [-0.2, -0.15) is 0 Å². The lowest BCUT2D eigenvalue weighted by atomic mass is 9.98. The third kappa shape index (κ3) is 2.16. The standard InChI is InChI=1S/C11H21N3O/c1-13(2)7-11(15)14-5-8-3-4-10(12)9(8)6-14/h8-10H,3-7,12H2,1-2H3. The molecule has 4 nitrogen and oxygen atoms in total. The number of likely N-dealkylation sites (N-methyl/N-ethyl adjacent to an activating group) is 1. The first-order valence-electron chi connectivity index (χ1n) is 5.76. The summed E-state index contributed by atoms with van der Waals surface area (Å²) in [5.74, 6) is 1.49. The fraction of sp³-hybridized carbons (Fsp3) is 0.909. The van der Waals surface area contributed by atoms with Gasteiger partial charge < -0.3 is 15.5 Å². The number of carbonyl (C=O) groups excluding carboxylic acids is 1.